The molecule has 0 fully saturated rings. The lowest BCUT2D eigenvalue weighted by Crippen LogP contribution is -2.13. The van der Waals surface area contributed by atoms with Crippen LogP contribution in [-0.2, 0) is 0 Å². The van der Waals surface area contributed by atoms with Crippen LogP contribution in [0.15, 0.2) is 397 Å². The molecule has 2 heterocycles. The highest BCUT2D eigenvalue weighted by molar-refractivity contribution is 6.19. The normalized spacial score (nSPS) is 11.5. The Morgan fingerprint density at radius 1 is 0.157 bits per heavy atom. The Labute approximate surface area is 591 Å². The van der Waals surface area contributed by atoms with Crippen molar-refractivity contribution in [3.05, 3.63) is 388 Å². The minimum Gasteiger partial charge on any atom is -0.456 e. The molecule has 0 aliphatic rings. The van der Waals surface area contributed by atoms with Crippen molar-refractivity contribution in [2.45, 2.75) is 0 Å². The van der Waals surface area contributed by atoms with Crippen LogP contribution in [-0.4, -0.2) is 0 Å². The Morgan fingerprint density at radius 2 is 0.402 bits per heavy atom. The van der Waals surface area contributed by atoms with Gasteiger partial charge in [-0.1, -0.05) is 279 Å². The molecular weight excluding hydrogens is 1240 g/mol. The molecule has 0 saturated carbocycles. The minimum absolute atomic E-state index is 0.771. The SMILES string of the molecule is c1ccc(-c2ccc(N(c3ccc4cc5c(cc4c3)oc3cc4oc6cc7cc(N(c8ccc(-c9ccccc9)cc8-c8ccccc8)c8ccc(-c9ccccc9)cc8-c8ccccc8)ccc7cc6c4cc35)c3ccc(-c4ccccc4)cc3-c3ccccc3)c(-c3ccccc3)c2)cc1. The summed E-state index contributed by atoms with van der Waals surface area (Å²) in [5.41, 5.74) is 27.7. The quantitative estimate of drug-likeness (QED) is 0.109. The first-order valence-electron chi connectivity index (χ1n) is 34.8. The maximum atomic E-state index is 6.97. The van der Waals surface area contributed by atoms with Gasteiger partial charge in [-0.05, 0) is 191 Å². The highest BCUT2D eigenvalue weighted by atomic mass is 16.3. The molecule has 102 heavy (non-hydrogen) atoms. The van der Waals surface area contributed by atoms with Crippen molar-refractivity contribution in [3.63, 3.8) is 0 Å². The fourth-order valence-electron chi connectivity index (χ4n) is 15.2. The Balaban J connectivity index is 0.745. The Morgan fingerprint density at radius 3 is 0.676 bits per heavy atom. The lowest BCUT2D eigenvalue weighted by molar-refractivity contribution is 0.656. The van der Waals surface area contributed by atoms with E-state index in [4.69, 9.17) is 8.83 Å². The van der Waals surface area contributed by atoms with Gasteiger partial charge < -0.3 is 18.6 Å². The minimum atomic E-state index is 0.771. The molecule has 4 nitrogen and oxygen atoms in total. The molecule has 0 atom stereocenters. The van der Waals surface area contributed by atoms with E-state index in [0.717, 1.165) is 189 Å². The molecule has 2 aromatic heterocycles. The highest BCUT2D eigenvalue weighted by Gasteiger charge is 2.26. The number of anilines is 6. The zero-order chi connectivity index (χ0) is 67.5. The summed E-state index contributed by atoms with van der Waals surface area (Å²) in [6.45, 7) is 0. The molecule has 17 aromatic carbocycles. The Kier molecular flexibility index (Phi) is 14.9. The number of benzene rings is 17. The predicted molar refractivity (Wildman–Crippen MR) is 429 cm³/mol. The molecular formula is C98H64N2O2. The van der Waals surface area contributed by atoms with E-state index in [9.17, 15) is 0 Å². The maximum Gasteiger partial charge on any atom is 0.139 e. The number of fused-ring (bicyclic) bond motifs is 8. The number of nitrogens with zero attached hydrogens (tertiary/aromatic N) is 2. The Hall–Kier alpha value is -13.5. The van der Waals surface area contributed by atoms with Gasteiger partial charge in [0.1, 0.15) is 22.3 Å². The Bertz CT molecular complexity index is 5700. The van der Waals surface area contributed by atoms with Crippen molar-refractivity contribution in [1.82, 2.24) is 0 Å². The molecule has 0 aliphatic heterocycles. The zero-order valence-corrected chi connectivity index (χ0v) is 55.7. The van der Waals surface area contributed by atoms with Gasteiger partial charge in [-0.15, -0.1) is 0 Å². The summed E-state index contributed by atoms with van der Waals surface area (Å²) in [5.74, 6) is 0. The molecule has 0 amide bonds. The lowest BCUT2D eigenvalue weighted by atomic mass is 9.93. The van der Waals surface area contributed by atoms with Crippen LogP contribution in [0.1, 0.15) is 0 Å². The highest BCUT2D eigenvalue weighted by Crippen LogP contribution is 2.51. The average molecular weight is 1300 g/mol. The van der Waals surface area contributed by atoms with Gasteiger partial charge in [0, 0.05) is 61.2 Å². The topological polar surface area (TPSA) is 32.8 Å². The van der Waals surface area contributed by atoms with Gasteiger partial charge in [0.2, 0.25) is 0 Å². The van der Waals surface area contributed by atoms with E-state index in [2.05, 4.69) is 398 Å². The molecule has 4 heteroatoms. The van der Waals surface area contributed by atoms with Crippen molar-refractivity contribution < 1.29 is 8.83 Å². The third kappa shape index (κ3) is 10.9. The van der Waals surface area contributed by atoms with Crippen LogP contribution in [0.4, 0.5) is 34.1 Å². The molecule has 19 rings (SSSR count). The van der Waals surface area contributed by atoms with Crippen molar-refractivity contribution in [3.8, 4) is 89.0 Å². The van der Waals surface area contributed by atoms with Gasteiger partial charge in [0.25, 0.3) is 0 Å². The van der Waals surface area contributed by atoms with Gasteiger partial charge in [-0.25, -0.2) is 0 Å². The maximum absolute atomic E-state index is 6.97. The first-order chi connectivity index (χ1) is 50.5. The van der Waals surface area contributed by atoms with Crippen molar-refractivity contribution in [2.75, 3.05) is 9.80 Å². The van der Waals surface area contributed by atoms with Crippen LogP contribution in [0.5, 0.6) is 0 Å². The van der Waals surface area contributed by atoms with Crippen molar-refractivity contribution >= 4 is 99.5 Å². The first kappa shape index (κ1) is 59.7. The number of hydrogen-bond donors (Lipinski definition) is 0. The molecule has 0 aliphatic carbocycles. The monoisotopic (exact) mass is 1300 g/mol. The van der Waals surface area contributed by atoms with Crippen LogP contribution in [0.2, 0.25) is 0 Å². The third-order valence-corrected chi connectivity index (χ3v) is 20.2. The number of hydrogen-bond acceptors (Lipinski definition) is 4. The van der Waals surface area contributed by atoms with Gasteiger partial charge in [-0.3, -0.25) is 0 Å². The van der Waals surface area contributed by atoms with Crippen LogP contribution >= 0.6 is 0 Å². The molecule has 0 spiro atoms. The summed E-state index contributed by atoms with van der Waals surface area (Å²) in [6.07, 6.45) is 0. The number of furan rings is 2. The summed E-state index contributed by atoms with van der Waals surface area (Å²) in [5, 5.41) is 8.52. The van der Waals surface area contributed by atoms with Crippen LogP contribution < -0.4 is 9.80 Å². The van der Waals surface area contributed by atoms with E-state index >= 15 is 0 Å². The molecule has 19 aromatic rings. The van der Waals surface area contributed by atoms with Gasteiger partial charge >= 0.3 is 0 Å². The molecule has 0 N–H and O–H groups in total. The number of rotatable bonds is 14. The predicted octanol–water partition coefficient (Wildman–Crippen LogP) is 28.1. The van der Waals surface area contributed by atoms with E-state index in [0.29, 0.717) is 0 Å². The smallest absolute Gasteiger partial charge is 0.139 e. The van der Waals surface area contributed by atoms with E-state index in [1.807, 2.05) is 0 Å². The summed E-state index contributed by atoms with van der Waals surface area (Å²) in [4.78, 5) is 4.91. The summed E-state index contributed by atoms with van der Waals surface area (Å²) in [7, 11) is 0. The standard InChI is InChI=1S/C98H64N2O2/c1-9-25-65(26-10-1)73-43-49-91(83(55-73)69-33-17-5-18-34-69)99(92-50-44-74(66-27-11-2-12-28-66)56-84(92)70-35-19-6-20-36-70)81-47-41-77-59-87-89-63-90-88-60-78-42-48-82(54-80(78)62-96(88)102-98(90)64-97(89)101-95(87)61-79(77)53-81)100(93-51-45-75(67-29-13-3-14-30-67)57-85(93)71-37-21-7-22-38-71)94-52-46-76(68-31-15-4-16-32-68)58-86(94)72-39-23-8-24-40-72/h1-64H. The van der Waals surface area contributed by atoms with E-state index in [-0.39, 0.29) is 0 Å². The van der Waals surface area contributed by atoms with Gasteiger partial charge in [0.15, 0.2) is 0 Å². The van der Waals surface area contributed by atoms with Crippen LogP contribution in [0, 0.1) is 0 Å². The summed E-state index contributed by atoms with van der Waals surface area (Å²) in [6, 6.07) is 141. The lowest BCUT2D eigenvalue weighted by Gasteiger charge is -2.31. The second kappa shape index (κ2) is 25.4. The molecule has 0 unspecified atom stereocenters. The second-order valence-corrected chi connectivity index (χ2v) is 26.3. The molecule has 0 bridgehead atoms. The van der Waals surface area contributed by atoms with Crippen molar-refractivity contribution in [1.29, 1.82) is 0 Å². The third-order valence-electron chi connectivity index (χ3n) is 20.2. The molecule has 0 radical (unpaired) electrons. The zero-order valence-electron chi connectivity index (χ0n) is 55.7. The summed E-state index contributed by atoms with van der Waals surface area (Å²) < 4.78 is 13.9. The van der Waals surface area contributed by atoms with Gasteiger partial charge in [-0.2, -0.15) is 0 Å². The van der Waals surface area contributed by atoms with Crippen LogP contribution in [0.3, 0.4) is 0 Å². The molecule has 0 saturated heterocycles. The summed E-state index contributed by atoms with van der Waals surface area (Å²) >= 11 is 0. The van der Waals surface area contributed by atoms with Crippen molar-refractivity contribution in [2.24, 2.45) is 0 Å². The van der Waals surface area contributed by atoms with E-state index in [1.54, 1.807) is 0 Å². The largest absolute Gasteiger partial charge is 0.456 e. The van der Waals surface area contributed by atoms with Gasteiger partial charge in [0.05, 0.1) is 22.7 Å². The van der Waals surface area contributed by atoms with Crippen LogP contribution in [0.25, 0.3) is 154 Å². The van der Waals surface area contributed by atoms with E-state index < -0.39 is 0 Å². The van der Waals surface area contributed by atoms with E-state index in [1.165, 1.54) is 0 Å². The fourth-order valence-corrected chi connectivity index (χ4v) is 15.2. The fraction of sp³-hybridized carbons (Fsp3) is 0. The molecule has 478 valence electrons. The second-order valence-electron chi connectivity index (χ2n) is 26.3. The first-order valence-corrected chi connectivity index (χ1v) is 34.8. The average Bonchev–Trinajstić information content (AvgIpc) is 1.58.